The van der Waals surface area contributed by atoms with E-state index in [1.54, 1.807) is 12.1 Å². The third kappa shape index (κ3) is 3.29. The molecule has 0 amide bonds. The number of nitrogens with zero attached hydrogens (tertiary/aromatic N) is 2. The summed E-state index contributed by atoms with van der Waals surface area (Å²) in [5.41, 5.74) is 7.00. The van der Waals surface area contributed by atoms with E-state index in [-0.39, 0.29) is 22.1 Å². The number of anilines is 1. The lowest BCUT2D eigenvalue weighted by Crippen LogP contribution is -2.07. The van der Waals surface area contributed by atoms with E-state index in [1.165, 1.54) is 47.3 Å². The monoisotopic (exact) mass is 359 g/mol. The van der Waals surface area contributed by atoms with E-state index in [1.807, 2.05) is 0 Å². The van der Waals surface area contributed by atoms with Crippen LogP contribution in [0.2, 0.25) is 0 Å². The molecular formula is C17H14FN3O3S. The number of hydrogen-bond donors (Lipinski definition) is 1. The number of hydrogen-bond acceptors (Lipinski definition) is 5. The number of nitrogens with two attached hydrogens (primary N) is 1. The Kier molecular flexibility index (Phi) is 4.13. The fourth-order valence-electron chi connectivity index (χ4n) is 2.33. The summed E-state index contributed by atoms with van der Waals surface area (Å²) in [6.45, 7) is 0. The Bertz CT molecular complexity index is 1040. The van der Waals surface area contributed by atoms with Gasteiger partial charge in [0.15, 0.2) is 15.6 Å². The maximum Gasteiger partial charge on any atom is 0.198 e. The first-order valence-electron chi connectivity index (χ1n) is 7.21. The number of aromatic nitrogens is 2. The van der Waals surface area contributed by atoms with Crippen LogP contribution in [0.4, 0.5) is 10.2 Å². The molecule has 0 unspecified atom stereocenters. The minimum atomic E-state index is -3.31. The smallest absolute Gasteiger partial charge is 0.198 e. The Morgan fingerprint density at radius 3 is 2.24 bits per heavy atom. The normalized spacial score (nSPS) is 11.4. The molecule has 0 fully saturated rings. The van der Waals surface area contributed by atoms with Crippen molar-refractivity contribution in [3.05, 3.63) is 71.7 Å². The zero-order valence-electron chi connectivity index (χ0n) is 13.2. The first-order valence-corrected chi connectivity index (χ1v) is 9.11. The van der Waals surface area contributed by atoms with Gasteiger partial charge in [-0.3, -0.25) is 4.79 Å². The molecule has 0 atom stereocenters. The maximum atomic E-state index is 13.0. The lowest BCUT2D eigenvalue weighted by atomic mass is 10.1. The molecule has 0 saturated carbocycles. The molecule has 0 saturated heterocycles. The van der Waals surface area contributed by atoms with Gasteiger partial charge in [-0.25, -0.2) is 17.5 Å². The number of carbonyl (C=O) groups is 1. The van der Waals surface area contributed by atoms with Crippen molar-refractivity contribution < 1.29 is 17.6 Å². The van der Waals surface area contributed by atoms with Crippen molar-refractivity contribution in [1.82, 2.24) is 9.78 Å². The molecule has 8 heteroatoms. The van der Waals surface area contributed by atoms with Gasteiger partial charge in [-0.15, -0.1) is 0 Å². The highest BCUT2D eigenvalue weighted by Gasteiger charge is 2.18. The average molecular weight is 359 g/mol. The van der Waals surface area contributed by atoms with Crippen LogP contribution in [0.3, 0.4) is 0 Å². The number of benzene rings is 2. The van der Waals surface area contributed by atoms with Crippen molar-refractivity contribution in [2.75, 3.05) is 12.0 Å². The zero-order valence-corrected chi connectivity index (χ0v) is 14.0. The van der Waals surface area contributed by atoms with Gasteiger partial charge in [0.2, 0.25) is 0 Å². The van der Waals surface area contributed by atoms with Crippen LogP contribution in [-0.2, 0) is 9.84 Å². The SMILES string of the molecule is CS(=O)(=O)c1ccc(-n2ncc(C(=O)c3ccc(F)cc3)c2N)cc1. The summed E-state index contributed by atoms with van der Waals surface area (Å²) in [6, 6.07) is 11.1. The molecule has 0 aliphatic rings. The number of rotatable bonds is 4. The zero-order chi connectivity index (χ0) is 18.2. The molecular weight excluding hydrogens is 345 g/mol. The van der Waals surface area contributed by atoms with Crippen LogP contribution < -0.4 is 5.73 Å². The van der Waals surface area contributed by atoms with Gasteiger partial charge >= 0.3 is 0 Å². The number of carbonyl (C=O) groups excluding carboxylic acids is 1. The van der Waals surface area contributed by atoms with Gasteiger partial charge in [-0.05, 0) is 48.5 Å². The Morgan fingerprint density at radius 2 is 1.68 bits per heavy atom. The standard InChI is InChI=1S/C17H14FN3O3S/c1-25(23,24)14-8-6-13(7-9-14)21-17(19)15(10-20-21)16(22)11-2-4-12(18)5-3-11/h2-10H,19H2,1H3. The van der Waals surface area contributed by atoms with E-state index in [4.69, 9.17) is 5.73 Å². The quantitative estimate of drug-likeness (QED) is 0.721. The number of nitrogen functional groups attached to an aromatic ring is 1. The molecule has 25 heavy (non-hydrogen) atoms. The van der Waals surface area contributed by atoms with Gasteiger partial charge < -0.3 is 5.73 Å². The second-order valence-electron chi connectivity index (χ2n) is 5.46. The highest BCUT2D eigenvalue weighted by atomic mass is 32.2. The molecule has 3 rings (SSSR count). The molecule has 0 aliphatic carbocycles. The molecule has 2 aromatic carbocycles. The van der Waals surface area contributed by atoms with E-state index < -0.39 is 15.7 Å². The summed E-state index contributed by atoms with van der Waals surface area (Å²) in [5.74, 6) is -0.705. The molecule has 1 aromatic heterocycles. The molecule has 128 valence electrons. The van der Waals surface area contributed by atoms with Gasteiger partial charge in [-0.1, -0.05) is 0 Å². The molecule has 1 heterocycles. The minimum Gasteiger partial charge on any atom is -0.383 e. The summed E-state index contributed by atoms with van der Waals surface area (Å²) in [7, 11) is -3.31. The van der Waals surface area contributed by atoms with Crippen LogP contribution in [-0.4, -0.2) is 30.2 Å². The lowest BCUT2D eigenvalue weighted by molar-refractivity contribution is 0.103. The first-order chi connectivity index (χ1) is 11.8. The van der Waals surface area contributed by atoms with Crippen molar-refractivity contribution in [3.63, 3.8) is 0 Å². The highest BCUT2D eigenvalue weighted by molar-refractivity contribution is 7.90. The van der Waals surface area contributed by atoms with Crippen LogP contribution in [0.25, 0.3) is 5.69 Å². The van der Waals surface area contributed by atoms with Crippen molar-refractivity contribution in [2.24, 2.45) is 0 Å². The van der Waals surface area contributed by atoms with Gasteiger partial charge in [0.25, 0.3) is 0 Å². The second-order valence-corrected chi connectivity index (χ2v) is 7.47. The predicted molar refractivity (Wildman–Crippen MR) is 90.9 cm³/mol. The molecule has 2 N–H and O–H groups in total. The fraction of sp³-hybridized carbons (Fsp3) is 0.0588. The number of ketones is 1. The summed E-state index contributed by atoms with van der Waals surface area (Å²) in [6.07, 6.45) is 2.44. The maximum absolute atomic E-state index is 13.0. The van der Waals surface area contributed by atoms with Crippen LogP contribution >= 0.6 is 0 Å². The van der Waals surface area contributed by atoms with Crippen LogP contribution in [0, 0.1) is 5.82 Å². The van der Waals surface area contributed by atoms with Crippen LogP contribution in [0.15, 0.2) is 59.6 Å². The summed E-state index contributed by atoms with van der Waals surface area (Å²) < 4.78 is 37.3. The number of sulfone groups is 1. The molecule has 0 aliphatic heterocycles. The third-order valence-corrected chi connectivity index (χ3v) is 4.80. The highest BCUT2D eigenvalue weighted by Crippen LogP contribution is 2.21. The minimum absolute atomic E-state index is 0.112. The van der Waals surface area contributed by atoms with Gasteiger partial charge in [0.1, 0.15) is 11.6 Å². The summed E-state index contributed by atoms with van der Waals surface area (Å²) in [5, 5.41) is 4.09. The first kappa shape index (κ1) is 16.8. The van der Waals surface area contributed by atoms with E-state index in [0.717, 1.165) is 6.26 Å². The Hall–Kier alpha value is -3.00. The molecule has 3 aromatic rings. The second kappa shape index (κ2) is 6.14. The van der Waals surface area contributed by atoms with Gasteiger partial charge in [0, 0.05) is 11.8 Å². The van der Waals surface area contributed by atoms with Gasteiger partial charge in [-0.2, -0.15) is 5.10 Å². The van der Waals surface area contributed by atoms with E-state index in [2.05, 4.69) is 5.10 Å². The Balaban J connectivity index is 1.96. The van der Waals surface area contributed by atoms with E-state index >= 15 is 0 Å². The van der Waals surface area contributed by atoms with Crippen molar-refractivity contribution in [2.45, 2.75) is 4.90 Å². The lowest BCUT2D eigenvalue weighted by Gasteiger charge is -2.06. The predicted octanol–water partition coefficient (Wildman–Crippen LogP) is 2.23. The van der Waals surface area contributed by atoms with Gasteiger partial charge in [0.05, 0.1) is 22.3 Å². The molecule has 6 nitrogen and oxygen atoms in total. The van der Waals surface area contributed by atoms with E-state index in [9.17, 15) is 17.6 Å². The van der Waals surface area contributed by atoms with Crippen molar-refractivity contribution >= 4 is 21.4 Å². The Labute approximate surface area is 143 Å². The van der Waals surface area contributed by atoms with Crippen LogP contribution in [0.5, 0.6) is 0 Å². The largest absolute Gasteiger partial charge is 0.383 e. The molecule has 0 spiro atoms. The fourth-order valence-corrected chi connectivity index (χ4v) is 2.96. The van der Waals surface area contributed by atoms with Crippen molar-refractivity contribution in [1.29, 1.82) is 0 Å². The molecule has 0 bridgehead atoms. The average Bonchev–Trinajstić information content (AvgIpc) is 2.96. The van der Waals surface area contributed by atoms with Crippen LogP contribution in [0.1, 0.15) is 15.9 Å². The van der Waals surface area contributed by atoms with Crippen molar-refractivity contribution in [3.8, 4) is 5.69 Å². The Morgan fingerprint density at radius 1 is 1.08 bits per heavy atom. The summed E-state index contributed by atoms with van der Waals surface area (Å²) in [4.78, 5) is 12.6. The molecule has 0 radical (unpaired) electrons. The number of halogens is 1. The topological polar surface area (TPSA) is 95.0 Å². The summed E-state index contributed by atoms with van der Waals surface area (Å²) >= 11 is 0. The van der Waals surface area contributed by atoms with E-state index in [0.29, 0.717) is 11.3 Å². The third-order valence-electron chi connectivity index (χ3n) is 3.67.